The lowest BCUT2D eigenvalue weighted by molar-refractivity contribution is 0.626. The highest BCUT2D eigenvalue weighted by atomic mass is 19.1. The third kappa shape index (κ3) is 3.83. The van der Waals surface area contributed by atoms with Crippen molar-refractivity contribution in [2.45, 2.75) is 39.2 Å². The van der Waals surface area contributed by atoms with Crippen LogP contribution in [0.2, 0.25) is 0 Å². The Morgan fingerprint density at radius 1 is 0.950 bits per heavy atom. The van der Waals surface area contributed by atoms with Crippen LogP contribution in [0.3, 0.4) is 0 Å². The minimum atomic E-state index is -0.181. The molecule has 2 aromatic rings. The van der Waals surface area contributed by atoms with Crippen molar-refractivity contribution < 1.29 is 4.39 Å². The van der Waals surface area contributed by atoms with Gasteiger partial charge in [0.15, 0.2) is 0 Å². The third-order valence-electron chi connectivity index (χ3n) is 3.44. The van der Waals surface area contributed by atoms with E-state index in [4.69, 9.17) is 0 Å². The van der Waals surface area contributed by atoms with Gasteiger partial charge in [-0.1, -0.05) is 44.2 Å². The van der Waals surface area contributed by atoms with Crippen LogP contribution in [0.15, 0.2) is 48.5 Å². The zero-order valence-corrected chi connectivity index (χ0v) is 12.4. The topological polar surface area (TPSA) is 12.0 Å². The van der Waals surface area contributed by atoms with Crippen LogP contribution in [0.25, 0.3) is 0 Å². The number of hydrogen-bond donors (Lipinski definition) is 1. The lowest BCUT2D eigenvalue weighted by atomic mass is 10.00. The number of anilines is 1. The highest BCUT2D eigenvalue weighted by molar-refractivity contribution is 5.53. The first-order valence-corrected chi connectivity index (χ1v) is 7.16. The van der Waals surface area contributed by atoms with Gasteiger partial charge in [0, 0.05) is 11.7 Å². The summed E-state index contributed by atoms with van der Waals surface area (Å²) in [4.78, 5) is 0. The van der Waals surface area contributed by atoms with Gasteiger partial charge < -0.3 is 5.32 Å². The van der Waals surface area contributed by atoms with E-state index in [2.05, 4.69) is 50.4 Å². The molecular weight excluding hydrogens is 249 g/mol. The Hall–Kier alpha value is -1.83. The second kappa shape index (κ2) is 6.56. The molecule has 0 bridgehead atoms. The standard InChI is InChI=1S/C18H22FN/c1-13(2)17-6-4-5-7-18(17)20-14(3)12-15-8-10-16(19)11-9-15/h4-11,13-14,20H,12H2,1-3H3. The van der Waals surface area contributed by atoms with E-state index in [1.54, 1.807) is 0 Å². The van der Waals surface area contributed by atoms with E-state index in [1.165, 1.54) is 23.4 Å². The van der Waals surface area contributed by atoms with Gasteiger partial charge in [0.1, 0.15) is 5.82 Å². The van der Waals surface area contributed by atoms with Crippen molar-refractivity contribution in [2.24, 2.45) is 0 Å². The third-order valence-corrected chi connectivity index (χ3v) is 3.44. The van der Waals surface area contributed by atoms with Gasteiger partial charge in [-0.2, -0.15) is 0 Å². The van der Waals surface area contributed by atoms with Crippen LogP contribution in [0.5, 0.6) is 0 Å². The molecule has 0 fully saturated rings. The zero-order valence-electron chi connectivity index (χ0n) is 12.4. The largest absolute Gasteiger partial charge is 0.382 e. The van der Waals surface area contributed by atoms with Gasteiger partial charge in [-0.05, 0) is 48.6 Å². The minimum Gasteiger partial charge on any atom is -0.382 e. The smallest absolute Gasteiger partial charge is 0.123 e. The van der Waals surface area contributed by atoms with Crippen LogP contribution in [-0.4, -0.2) is 6.04 Å². The second-order valence-electron chi connectivity index (χ2n) is 5.62. The van der Waals surface area contributed by atoms with Crippen molar-refractivity contribution in [1.82, 2.24) is 0 Å². The first kappa shape index (κ1) is 14.6. The Labute approximate surface area is 120 Å². The summed E-state index contributed by atoms with van der Waals surface area (Å²) in [6.45, 7) is 6.55. The fourth-order valence-electron chi connectivity index (χ4n) is 2.42. The van der Waals surface area contributed by atoms with Crippen LogP contribution < -0.4 is 5.32 Å². The van der Waals surface area contributed by atoms with Gasteiger partial charge in [0.25, 0.3) is 0 Å². The van der Waals surface area contributed by atoms with Crippen molar-refractivity contribution in [2.75, 3.05) is 5.32 Å². The summed E-state index contributed by atoms with van der Waals surface area (Å²) in [6, 6.07) is 15.5. The molecule has 106 valence electrons. The molecule has 1 N–H and O–H groups in total. The van der Waals surface area contributed by atoms with E-state index < -0.39 is 0 Å². The predicted octanol–water partition coefficient (Wildman–Crippen LogP) is 4.99. The molecule has 0 amide bonds. The van der Waals surface area contributed by atoms with E-state index in [1.807, 2.05) is 12.1 Å². The molecule has 0 aliphatic carbocycles. The molecule has 0 spiro atoms. The monoisotopic (exact) mass is 271 g/mol. The van der Waals surface area contributed by atoms with Gasteiger partial charge in [-0.25, -0.2) is 4.39 Å². The number of benzene rings is 2. The number of hydrogen-bond acceptors (Lipinski definition) is 1. The van der Waals surface area contributed by atoms with Gasteiger partial charge >= 0.3 is 0 Å². The minimum absolute atomic E-state index is 0.181. The Bertz CT molecular complexity index is 546. The predicted molar refractivity (Wildman–Crippen MR) is 83.7 cm³/mol. The van der Waals surface area contributed by atoms with E-state index >= 15 is 0 Å². The second-order valence-corrected chi connectivity index (χ2v) is 5.62. The molecule has 1 atom stereocenters. The Morgan fingerprint density at radius 2 is 1.60 bits per heavy atom. The number of para-hydroxylation sites is 1. The summed E-state index contributed by atoms with van der Waals surface area (Å²) < 4.78 is 12.9. The summed E-state index contributed by atoms with van der Waals surface area (Å²) in [5.41, 5.74) is 3.67. The molecule has 0 heterocycles. The van der Waals surface area contributed by atoms with Crippen molar-refractivity contribution in [3.05, 3.63) is 65.5 Å². The maximum Gasteiger partial charge on any atom is 0.123 e. The summed E-state index contributed by atoms with van der Waals surface area (Å²) in [7, 11) is 0. The number of rotatable bonds is 5. The van der Waals surface area contributed by atoms with E-state index in [0.29, 0.717) is 12.0 Å². The molecule has 1 unspecified atom stereocenters. The van der Waals surface area contributed by atoms with Crippen LogP contribution in [0, 0.1) is 5.82 Å². The van der Waals surface area contributed by atoms with Gasteiger partial charge in [-0.3, -0.25) is 0 Å². The molecule has 0 aliphatic heterocycles. The van der Waals surface area contributed by atoms with Gasteiger partial charge in [0.05, 0.1) is 0 Å². The maximum atomic E-state index is 12.9. The van der Waals surface area contributed by atoms with Crippen LogP contribution in [0.4, 0.5) is 10.1 Å². The lowest BCUT2D eigenvalue weighted by Gasteiger charge is -2.20. The Morgan fingerprint density at radius 3 is 2.25 bits per heavy atom. The first-order chi connectivity index (χ1) is 9.56. The Balaban J connectivity index is 2.04. The average molecular weight is 271 g/mol. The van der Waals surface area contributed by atoms with Crippen molar-refractivity contribution in [1.29, 1.82) is 0 Å². The summed E-state index contributed by atoms with van der Waals surface area (Å²) >= 11 is 0. The average Bonchev–Trinajstić information content (AvgIpc) is 2.41. The van der Waals surface area contributed by atoms with Crippen molar-refractivity contribution >= 4 is 5.69 Å². The molecule has 0 saturated carbocycles. The zero-order chi connectivity index (χ0) is 14.5. The van der Waals surface area contributed by atoms with Crippen LogP contribution >= 0.6 is 0 Å². The summed E-state index contributed by atoms with van der Waals surface area (Å²) in [6.07, 6.45) is 0.882. The number of halogens is 1. The van der Waals surface area contributed by atoms with Crippen LogP contribution in [0.1, 0.15) is 37.8 Å². The van der Waals surface area contributed by atoms with E-state index in [-0.39, 0.29) is 5.82 Å². The molecule has 0 radical (unpaired) electrons. The van der Waals surface area contributed by atoms with Gasteiger partial charge in [0.2, 0.25) is 0 Å². The van der Waals surface area contributed by atoms with E-state index in [0.717, 1.165) is 12.0 Å². The fraction of sp³-hybridized carbons (Fsp3) is 0.333. The Kier molecular flexibility index (Phi) is 4.78. The normalized spacial score (nSPS) is 12.4. The number of nitrogens with one attached hydrogen (secondary N) is 1. The first-order valence-electron chi connectivity index (χ1n) is 7.16. The summed E-state index contributed by atoms with van der Waals surface area (Å²) in [5, 5.41) is 3.56. The molecule has 2 rings (SSSR count). The van der Waals surface area contributed by atoms with Crippen molar-refractivity contribution in [3.63, 3.8) is 0 Å². The molecule has 0 aliphatic rings. The summed E-state index contributed by atoms with van der Waals surface area (Å²) in [5.74, 6) is 0.316. The molecular formula is C18H22FN. The molecule has 2 heteroatoms. The molecule has 0 saturated heterocycles. The van der Waals surface area contributed by atoms with Gasteiger partial charge in [-0.15, -0.1) is 0 Å². The lowest BCUT2D eigenvalue weighted by Crippen LogP contribution is -2.19. The molecule has 20 heavy (non-hydrogen) atoms. The molecule has 0 aromatic heterocycles. The van der Waals surface area contributed by atoms with Crippen molar-refractivity contribution in [3.8, 4) is 0 Å². The highest BCUT2D eigenvalue weighted by Crippen LogP contribution is 2.24. The van der Waals surface area contributed by atoms with Crippen LogP contribution in [-0.2, 0) is 6.42 Å². The SMILES string of the molecule is CC(Cc1ccc(F)cc1)Nc1ccccc1C(C)C. The highest BCUT2D eigenvalue weighted by Gasteiger charge is 2.09. The molecule has 1 nitrogen and oxygen atoms in total. The fourth-order valence-corrected chi connectivity index (χ4v) is 2.42. The molecule has 2 aromatic carbocycles. The van der Waals surface area contributed by atoms with E-state index in [9.17, 15) is 4.39 Å². The quantitative estimate of drug-likeness (QED) is 0.807. The maximum absolute atomic E-state index is 12.9.